The Hall–Kier alpha value is -2.08. The largest absolute Gasteiger partial charge is 0.354 e. The molecule has 0 N–H and O–H groups in total. The zero-order valence-corrected chi connectivity index (χ0v) is 13.9. The lowest BCUT2D eigenvalue weighted by Gasteiger charge is -2.37. The van der Waals surface area contributed by atoms with Gasteiger partial charge in [0.05, 0.1) is 12.4 Å². The molecule has 1 aromatic rings. The number of likely N-dealkylation sites (N-methyl/N-ethyl adjacent to an activating group) is 1. The average molecular weight is 318 g/mol. The van der Waals surface area contributed by atoms with Crippen LogP contribution in [0.1, 0.15) is 18.9 Å². The third kappa shape index (κ3) is 3.17. The molecule has 23 heavy (non-hydrogen) atoms. The fourth-order valence-electron chi connectivity index (χ4n) is 3.00. The van der Waals surface area contributed by atoms with Crippen molar-refractivity contribution in [3.8, 4) is 0 Å². The van der Waals surface area contributed by atoms with Gasteiger partial charge in [0.2, 0.25) is 6.35 Å². The monoisotopic (exact) mass is 318 g/mol. The predicted molar refractivity (Wildman–Crippen MR) is 87.9 cm³/mol. The zero-order chi connectivity index (χ0) is 16.4. The number of fused-ring (bicyclic) bond motifs is 1. The van der Waals surface area contributed by atoms with Crippen molar-refractivity contribution in [1.29, 1.82) is 0 Å². The van der Waals surface area contributed by atoms with Crippen molar-refractivity contribution in [2.24, 2.45) is 4.99 Å². The van der Waals surface area contributed by atoms with E-state index in [1.807, 2.05) is 24.1 Å². The molecule has 0 radical (unpaired) electrons. The van der Waals surface area contributed by atoms with Gasteiger partial charge in [-0.2, -0.15) is 0 Å². The van der Waals surface area contributed by atoms with Gasteiger partial charge in [-0.05, 0) is 24.1 Å². The summed E-state index contributed by atoms with van der Waals surface area (Å²) in [6.45, 7) is 4.62. The summed E-state index contributed by atoms with van der Waals surface area (Å²) in [4.78, 5) is 11.2. The van der Waals surface area contributed by atoms with Crippen LogP contribution in [0.3, 0.4) is 0 Å². The van der Waals surface area contributed by atoms with Gasteiger partial charge in [0, 0.05) is 33.4 Å². The summed E-state index contributed by atoms with van der Waals surface area (Å²) in [6, 6.07) is 6.67. The summed E-state index contributed by atoms with van der Waals surface area (Å²) in [6.07, 6.45) is 2.91. The summed E-state index contributed by atoms with van der Waals surface area (Å²) >= 11 is 0. The molecule has 0 aliphatic carbocycles. The van der Waals surface area contributed by atoms with Crippen LogP contribution < -0.4 is 0 Å². The van der Waals surface area contributed by atoms with Crippen LogP contribution in [-0.2, 0) is 11.3 Å². The smallest absolute Gasteiger partial charge is 0.229 e. The molecule has 0 amide bonds. The number of benzene rings is 1. The van der Waals surface area contributed by atoms with Gasteiger partial charge in [0.25, 0.3) is 0 Å². The van der Waals surface area contributed by atoms with Crippen LogP contribution in [0.15, 0.2) is 41.2 Å². The van der Waals surface area contributed by atoms with E-state index in [0.717, 1.165) is 43.3 Å². The lowest BCUT2D eigenvalue weighted by Crippen LogP contribution is -2.45. The van der Waals surface area contributed by atoms with Crippen LogP contribution >= 0.6 is 0 Å². The molecule has 0 spiro atoms. The van der Waals surface area contributed by atoms with Crippen molar-refractivity contribution in [3.63, 3.8) is 0 Å². The fourth-order valence-corrected chi connectivity index (χ4v) is 3.00. The maximum atomic E-state index is 13.1. The number of nitrogens with zero attached hydrogens (tertiary/aromatic N) is 4. The molecule has 0 bridgehead atoms. The highest BCUT2D eigenvalue weighted by molar-refractivity contribution is 5.99. The Kier molecular flexibility index (Phi) is 4.52. The minimum atomic E-state index is -0.263. The summed E-state index contributed by atoms with van der Waals surface area (Å²) in [5.41, 5.74) is 2.16. The number of hydrogen-bond acceptors (Lipinski definition) is 5. The SMILES string of the molecule is CCCN1CN(Cc2ccc(F)cc2)C=C2C1=NC(OC)N2C. The second-order valence-electron chi connectivity index (χ2n) is 5.92. The molecule has 1 atom stereocenters. The Balaban J connectivity index is 1.83. The summed E-state index contributed by atoms with van der Waals surface area (Å²) in [7, 11) is 3.66. The van der Waals surface area contributed by atoms with Crippen molar-refractivity contribution < 1.29 is 9.13 Å². The number of hydrogen-bond donors (Lipinski definition) is 0. The highest BCUT2D eigenvalue weighted by atomic mass is 19.1. The number of methoxy groups -OCH3 is 1. The molecule has 5 nitrogen and oxygen atoms in total. The van der Waals surface area contributed by atoms with Crippen molar-refractivity contribution in [2.75, 3.05) is 27.4 Å². The van der Waals surface area contributed by atoms with E-state index in [4.69, 9.17) is 4.74 Å². The van der Waals surface area contributed by atoms with Crippen molar-refractivity contribution in [3.05, 3.63) is 47.5 Å². The molecular weight excluding hydrogens is 295 g/mol. The number of amidine groups is 1. The van der Waals surface area contributed by atoms with E-state index in [9.17, 15) is 4.39 Å². The van der Waals surface area contributed by atoms with Gasteiger partial charge in [0.15, 0.2) is 5.84 Å². The molecule has 124 valence electrons. The van der Waals surface area contributed by atoms with Crippen molar-refractivity contribution in [1.82, 2.24) is 14.7 Å². The molecule has 0 saturated heterocycles. The second-order valence-corrected chi connectivity index (χ2v) is 5.92. The molecule has 1 aromatic carbocycles. The van der Waals surface area contributed by atoms with E-state index < -0.39 is 0 Å². The van der Waals surface area contributed by atoms with E-state index in [1.165, 1.54) is 12.1 Å². The van der Waals surface area contributed by atoms with E-state index in [0.29, 0.717) is 0 Å². The lowest BCUT2D eigenvalue weighted by atomic mass is 10.2. The second kappa shape index (κ2) is 6.58. The number of ether oxygens (including phenoxy) is 1. The highest BCUT2D eigenvalue weighted by Crippen LogP contribution is 2.26. The van der Waals surface area contributed by atoms with Gasteiger partial charge in [-0.25, -0.2) is 9.38 Å². The van der Waals surface area contributed by atoms with Gasteiger partial charge < -0.3 is 19.4 Å². The zero-order valence-electron chi connectivity index (χ0n) is 13.9. The molecule has 1 unspecified atom stereocenters. The molecule has 0 saturated carbocycles. The fraction of sp³-hybridized carbons (Fsp3) is 0.471. The third-order valence-corrected chi connectivity index (χ3v) is 4.13. The normalized spacial score (nSPS) is 20.5. The minimum Gasteiger partial charge on any atom is -0.354 e. The van der Waals surface area contributed by atoms with E-state index in [2.05, 4.69) is 27.9 Å². The topological polar surface area (TPSA) is 31.3 Å². The minimum absolute atomic E-state index is 0.203. The first kappa shape index (κ1) is 15.8. The molecule has 2 heterocycles. The van der Waals surface area contributed by atoms with Crippen LogP contribution in [0.4, 0.5) is 4.39 Å². The summed E-state index contributed by atoms with van der Waals surface area (Å²) < 4.78 is 18.5. The molecule has 0 fully saturated rings. The highest BCUT2D eigenvalue weighted by Gasteiger charge is 2.34. The van der Waals surface area contributed by atoms with Crippen molar-refractivity contribution in [2.45, 2.75) is 26.2 Å². The van der Waals surface area contributed by atoms with E-state index in [-0.39, 0.29) is 12.2 Å². The molecule has 0 aromatic heterocycles. The van der Waals surface area contributed by atoms with Gasteiger partial charge >= 0.3 is 0 Å². The first-order valence-electron chi connectivity index (χ1n) is 7.91. The molecule has 6 heteroatoms. The van der Waals surface area contributed by atoms with E-state index >= 15 is 0 Å². The van der Waals surface area contributed by atoms with Crippen LogP contribution in [0.5, 0.6) is 0 Å². The Morgan fingerprint density at radius 2 is 2.04 bits per heavy atom. The van der Waals surface area contributed by atoms with Gasteiger partial charge in [-0.15, -0.1) is 0 Å². The maximum Gasteiger partial charge on any atom is 0.229 e. The van der Waals surface area contributed by atoms with Crippen LogP contribution in [0.2, 0.25) is 0 Å². The van der Waals surface area contributed by atoms with Gasteiger partial charge in [0.1, 0.15) is 5.82 Å². The maximum absolute atomic E-state index is 13.1. The first-order chi connectivity index (χ1) is 11.1. The van der Waals surface area contributed by atoms with Crippen LogP contribution in [0.25, 0.3) is 0 Å². The summed E-state index contributed by atoms with van der Waals surface area (Å²) in [5, 5.41) is 0. The predicted octanol–water partition coefficient (Wildman–Crippen LogP) is 2.43. The average Bonchev–Trinajstić information content (AvgIpc) is 2.87. The third-order valence-electron chi connectivity index (χ3n) is 4.13. The number of halogens is 1. The Morgan fingerprint density at radius 1 is 1.30 bits per heavy atom. The Labute approximate surface area is 136 Å². The van der Waals surface area contributed by atoms with Gasteiger partial charge in [-0.3, -0.25) is 0 Å². The molecule has 3 rings (SSSR count). The number of aliphatic imine (C=N–C) groups is 1. The molecule has 2 aliphatic rings. The molecular formula is C17H23FN4O. The quantitative estimate of drug-likeness (QED) is 0.834. The number of rotatable bonds is 5. The van der Waals surface area contributed by atoms with Crippen molar-refractivity contribution >= 4 is 5.84 Å². The van der Waals surface area contributed by atoms with Gasteiger partial charge in [-0.1, -0.05) is 19.1 Å². The Bertz CT molecular complexity index is 614. The molecule has 2 aliphatic heterocycles. The standard InChI is InChI=1S/C17H23FN4O/c1-4-9-22-12-21(10-13-5-7-14(18)8-6-13)11-15-16(22)19-17(23-3)20(15)2/h5-8,11,17H,4,9-10,12H2,1-3H3. The van der Waals surface area contributed by atoms with Crippen LogP contribution in [0, 0.1) is 5.82 Å². The lowest BCUT2D eigenvalue weighted by molar-refractivity contribution is 0.0196. The first-order valence-corrected chi connectivity index (χ1v) is 7.91. The summed E-state index contributed by atoms with van der Waals surface area (Å²) in [5.74, 6) is 0.794. The van der Waals surface area contributed by atoms with E-state index in [1.54, 1.807) is 7.11 Å². The van der Waals surface area contributed by atoms with Crippen LogP contribution in [-0.4, -0.2) is 54.3 Å². The Morgan fingerprint density at radius 3 is 2.70 bits per heavy atom.